The Bertz CT molecular complexity index is 1030. The summed E-state index contributed by atoms with van der Waals surface area (Å²) in [6, 6.07) is 10.1. The second-order valence-corrected chi connectivity index (χ2v) is 7.41. The molecule has 0 radical (unpaired) electrons. The predicted octanol–water partition coefficient (Wildman–Crippen LogP) is 3.04. The quantitative estimate of drug-likeness (QED) is 0.434. The lowest BCUT2D eigenvalue weighted by atomic mass is 10.1. The van der Waals surface area contributed by atoms with Gasteiger partial charge in [-0.1, -0.05) is 31.9 Å². The number of carbonyl (C=O) groups is 4. The molecule has 0 bridgehead atoms. The number of anilines is 1. The molecule has 0 fully saturated rings. The highest BCUT2D eigenvalue weighted by atomic mass is 16.5. The van der Waals surface area contributed by atoms with Crippen molar-refractivity contribution in [2.75, 3.05) is 26.1 Å². The van der Waals surface area contributed by atoms with E-state index in [0.717, 1.165) is 11.3 Å². The number of imide groups is 1. The van der Waals surface area contributed by atoms with Gasteiger partial charge in [0.2, 0.25) is 0 Å². The molecule has 3 rings (SSSR count). The van der Waals surface area contributed by atoms with Gasteiger partial charge in [0.1, 0.15) is 17.5 Å². The Hall–Kier alpha value is -3.88. The van der Waals surface area contributed by atoms with E-state index in [1.54, 1.807) is 42.5 Å². The van der Waals surface area contributed by atoms with Gasteiger partial charge < -0.3 is 19.5 Å². The van der Waals surface area contributed by atoms with Crippen LogP contribution >= 0.6 is 0 Å². The minimum absolute atomic E-state index is 0.245. The maximum atomic E-state index is 12.9. The maximum absolute atomic E-state index is 12.9. The Kier molecular flexibility index (Phi) is 7.66. The molecule has 2 aromatic carbocycles. The van der Waals surface area contributed by atoms with Crippen LogP contribution in [0.2, 0.25) is 0 Å². The van der Waals surface area contributed by atoms with Gasteiger partial charge in [-0.3, -0.25) is 19.3 Å². The van der Waals surface area contributed by atoms with Crippen LogP contribution in [0.3, 0.4) is 0 Å². The van der Waals surface area contributed by atoms with Crippen LogP contribution in [0.25, 0.3) is 0 Å². The van der Waals surface area contributed by atoms with E-state index in [2.05, 4.69) is 5.32 Å². The Morgan fingerprint density at radius 2 is 1.67 bits per heavy atom. The number of nitrogens with zero attached hydrogens (tertiary/aromatic N) is 1. The number of ether oxygens (including phenoxy) is 3. The summed E-state index contributed by atoms with van der Waals surface area (Å²) in [7, 11) is 2.96. The molecule has 1 aliphatic rings. The topological polar surface area (TPSA) is 111 Å². The van der Waals surface area contributed by atoms with Gasteiger partial charge in [0.25, 0.3) is 17.7 Å². The van der Waals surface area contributed by atoms with Gasteiger partial charge >= 0.3 is 5.97 Å². The average molecular weight is 454 g/mol. The molecule has 0 saturated heterocycles. The number of carbonyl (C=O) groups excluding carboxylic acids is 4. The van der Waals surface area contributed by atoms with Crippen molar-refractivity contribution in [3.63, 3.8) is 0 Å². The highest BCUT2D eigenvalue weighted by Gasteiger charge is 2.43. The summed E-state index contributed by atoms with van der Waals surface area (Å²) in [6.07, 6.45) is 1.60. The summed E-state index contributed by atoms with van der Waals surface area (Å²) in [4.78, 5) is 51.8. The number of unbranched alkanes of at least 4 members (excludes halogenated alkanes) is 1. The molecule has 1 N–H and O–H groups in total. The lowest BCUT2D eigenvalue weighted by Crippen LogP contribution is -2.46. The lowest BCUT2D eigenvalue weighted by molar-refractivity contribution is -0.151. The molecular weight excluding hydrogens is 428 g/mol. The predicted molar refractivity (Wildman–Crippen MR) is 119 cm³/mol. The number of nitrogens with one attached hydrogen (secondary N) is 1. The zero-order valence-corrected chi connectivity index (χ0v) is 18.8. The SMILES string of the molecule is CCCC[C@H](C(=O)OCC(=O)Nc1ccc(OC)cc1OC)N1C(=O)c2ccccc2C1=O. The van der Waals surface area contributed by atoms with Crippen LogP contribution in [0.4, 0.5) is 5.69 Å². The Labute approximate surface area is 191 Å². The van der Waals surface area contributed by atoms with E-state index in [0.29, 0.717) is 23.6 Å². The van der Waals surface area contributed by atoms with Crippen LogP contribution in [0.1, 0.15) is 46.9 Å². The molecule has 0 saturated carbocycles. The van der Waals surface area contributed by atoms with Crippen LogP contribution in [0, 0.1) is 0 Å². The molecule has 1 atom stereocenters. The van der Waals surface area contributed by atoms with Gasteiger partial charge in [-0.15, -0.1) is 0 Å². The highest BCUT2D eigenvalue weighted by molar-refractivity contribution is 6.22. The van der Waals surface area contributed by atoms with Crippen molar-refractivity contribution in [2.24, 2.45) is 0 Å². The summed E-state index contributed by atoms with van der Waals surface area (Å²) in [5.74, 6) is -1.56. The first-order valence-corrected chi connectivity index (χ1v) is 10.6. The summed E-state index contributed by atoms with van der Waals surface area (Å²) in [6.45, 7) is 1.35. The number of hydrogen-bond acceptors (Lipinski definition) is 7. The number of fused-ring (bicyclic) bond motifs is 1. The number of hydrogen-bond donors (Lipinski definition) is 1. The number of amides is 3. The van der Waals surface area contributed by atoms with Gasteiger partial charge in [-0.2, -0.15) is 0 Å². The van der Waals surface area contributed by atoms with E-state index >= 15 is 0 Å². The maximum Gasteiger partial charge on any atom is 0.329 e. The summed E-state index contributed by atoms with van der Waals surface area (Å²) in [5.41, 5.74) is 0.879. The van der Waals surface area contributed by atoms with Gasteiger partial charge in [0.05, 0.1) is 31.0 Å². The van der Waals surface area contributed by atoms with Crippen molar-refractivity contribution in [1.29, 1.82) is 0 Å². The number of benzene rings is 2. The minimum Gasteiger partial charge on any atom is -0.497 e. The Morgan fingerprint density at radius 1 is 1.00 bits per heavy atom. The van der Waals surface area contributed by atoms with Crippen molar-refractivity contribution in [2.45, 2.75) is 32.2 Å². The molecule has 9 nitrogen and oxygen atoms in total. The molecule has 3 amide bonds. The standard InChI is InChI=1S/C24H26N2O7/c1-4-5-10-19(26-22(28)16-8-6-7-9-17(16)23(26)29)24(30)33-14-21(27)25-18-12-11-15(31-2)13-20(18)32-3/h6-9,11-13,19H,4-5,10,14H2,1-3H3,(H,25,27)/t19-/m1/s1. The van der Waals surface area contributed by atoms with Crippen molar-refractivity contribution < 1.29 is 33.4 Å². The Morgan fingerprint density at radius 3 is 2.24 bits per heavy atom. The molecule has 0 spiro atoms. The van der Waals surface area contributed by atoms with E-state index in [9.17, 15) is 19.2 Å². The van der Waals surface area contributed by atoms with Crippen molar-refractivity contribution in [1.82, 2.24) is 4.90 Å². The van der Waals surface area contributed by atoms with Gasteiger partial charge in [-0.25, -0.2) is 4.79 Å². The number of esters is 1. The van der Waals surface area contributed by atoms with Crippen LogP contribution in [-0.2, 0) is 14.3 Å². The highest BCUT2D eigenvalue weighted by Crippen LogP contribution is 2.29. The molecule has 33 heavy (non-hydrogen) atoms. The van der Waals surface area contributed by atoms with E-state index in [1.807, 2.05) is 6.92 Å². The second kappa shape index (κ2) is 10.6. The molecule has 1 heterocycles. The normalized spacial score (nSPS) is 13.4. The molecule has 0 unspecified atom stereocenters. The summed E-state index contributed by atoms with van der Waals surface area (Å²) >= 11 is 0. The van der Waals surface area contributed by atoms with Crippen molar-refractivity contribution in [3.8, 4) is 11.5 Å². The summed E-state index contributed by atoms with van der Waals surface area (Å²) in [5, 5.41) is 2.61. The monoisotopic (exact) mass is 454 g/mol. The van der Waals surface area contributed by atoms with Gasteiger partial charge in [0, 0.05) is 6.07 Å². The molecule has 2 aromatic rings. The minimum atomic E-state index is -1.11. The fourth-order valence-electron chi connectivity index (χ4n) is 3.56. The second-order valence-electron chi connectivity index (χ2n) is 7.41. The van der Waals surface area contributed by atoms with E-state index in [4.69, 9.17) is 14.2 Å². The third-order valence-corrected chi connectivity index (χ3v) is 5.27. The van der Waals surface area contributed by atoms with E-state index < -0.39 is 36.3 Å². The number of rotatable bonds is 10. The smallest absolute Gasteiger partial charge is 0.329 e. The van der Waals surface area contributed by atoms with Crippen LogP contribution in [-0.4, -0.2) is 55.5 Å². The molecule has 1 aliphatic heterocycles. The van der Waals surface area contributed by atoms with Crippen molar-refractivity contribution >= 4 is 29.4 Å². The Balaban J connectivity index is 1.68. The fraction of sp³-hybridized carbons (Fsp3) is 0.333. The van der Waals surface area contributed by atoms with E-state index in [-0.39, 0.29) is 17.5 Å². The zero-order chi connectivity index (χ0) is 24.0. The molecule has 9 heteroatoms. The first kappa shape index (κ1) is 23.8. The van der Waals surface area contributed by atoms with Crippen LogP contribution in [0.15, 0.2) is 42.5 Å². The molecule has 0 aliphatic carbocycles. The molecular formula is C24H26N2O7. The number of methoxy groups -OCH3 is 2. The van der Waals surface area contributed by atoms with Gasteiger partial charge in [0.15, 0.2) is 6.61 Å². The first-order chi connectivity index (χ1) is 15.9. The zero-order valence-electron chi connectivity index (χ0n) is 18.8. The molecule has 174 valence electrons. The summed E-state index contributed by atoms with van der Waals surface area (Å²) < 4.78 is 15.6. The molecule has 0 aromatic heterocycles. The van der Waals surface area contributed by atoms with Gasteiger partial charge in [-0.05, 0) is 30.7 Å². The van der Waals surface area contributed by atoms with Crippen molar-refractivity contribution in [3.05, 3.63) is 53.6 Å². The third kappa shape index (κ3) is 5.14. The fourth-order valence-corrected chi connectivity index (χ4v) is 3.56. The first-order valence-electron chi connectivity index (χ1n) is 10.6. The third-order valence-electron chi connectivity index (χ3n) is 5.27. The van der Waals surface area contributed by atoms with E-state index in [1.165, 1.54) is 14.2 Å². The lowest BCUT2D eigenvalue weighted by Gasteiger charge is -2.24. The van der Waals surface area contributed by atoms with Crippen LogP contribution < -0.4 is 14.8 Å². The largest absolute Gasteiger partial charge is 0.497 e. The average Bonchev–Trinajstić information content (AvgIpc) is 3.08. The van der Waals surface area contributed by atoms with Crippen LogP contribution in [0.5, 0.6) is 11.5 Å².